The van der Waals surface area contributed by atoms with Crippen LogP contribution in [-0.4, -0.2) is 21.6 Å². The number of hydrogen-bond acceptors (Lipinski definition) is 4. The maximum absolute atomic E-state index is 15.1. The fourth-order valence-corrected chi connectivity index (χ4v) is 4.72. The van der Waals surface area contributed by atoms with Gasteiger partial charge in [0, 0.05) is 28.9 Å². The molecule has 1 aromatic carbocycles. The van der Waals surface area contributed by atoms with Gasteiger partial charge in [-0.25, -0.2) is 9.07 Å². The number of aromatic nitrogens is 2. The third kappa shape index (κ3) is 2.94. The van der Waals surface area contributed by atoms with Gasteiger partial charge in [0.1, 0.15) is 5.69 Å². The van der Waals surface area contributed by atoms with Crippen LogP contribution in [-0.2, 0) is 4.79 Å². The zero-order valence-corrected chi connectivity index (χ0v) is 15.9. The van der Waals surface area contributed by atoms with Crippen LogP contribution in [0.3, 0.4) is 0 Å². The highest BCUT2D eigenvalue weighted by Crippen LogP contribution is 2.45. The molecule has 5 rings (SSSR count). The van der Waals surface area contributed by atoms with Crippen molar-refractivity contribution in [3.63, 3.8) is 0 Å². The second-order valence-corrected chi connectivity index (χ2v) is 8.53. The van der Waals surface area contributed by atoms with Gasteiger partial charge in [0.15, 0.2) is 5.82 Å². The summed E-state index contributed by atoms with van der Waals surface area (Å²) < 4.78 is 16.9. The predicted octanol–water partition coefficient (Wildman–Crippen LogP) is 3.99. The summed E-state index contributed by atoms with van der Waals surface area (Å²) in [6.45, 7) is 1.84. The van der Waals surface area contributed by atoms with Gasteiger partial charge in [0.05, 0.1) is 16.5 Å². The third-order valence-electron chi connectivity index (χ3n) is 5.51. The molecule has 0 unspecified atom stereocenters. The number of carbonyl (C=O) groups excluding carboxylic acids is 1. The summed E-state index contributed by atoms with van der Waals surface area (Å²) in [5, 5.41) is 4.73. The topological polar surface area (TPSA) is 64.2 Å². The molecular formula is C20H21FN4OS. The molecule has 2 saturated carbocycles. The first-order valence-corrected chi connectivity index (χ1v) is 10.3. The van der Waals surface area contributed by atoms with Gasteiger partial charge >= 0.3 is 0 Å². The van der Waals surface area contributed by atoms with Crippen LogP contribution in [0.5, 0.6) is 0 Å². The molecule has 1 aliphatic heterocycles. The van der Waals surface area contributed by atoms with Gasteiger partial charge in [0.2, 0.25) is 0 Å². The molecule has 0 radical (unpaired) electrons. The lowest BCUT2D eigenvalue weighted by Crippen LogP contribution is -2.18. The van der Waals surface area contributed by atoms with Crippen LogP contribution < -0.4 is 10.6 Å². The first-order valence-electron chi connectivity index (χ1n) is 9.33. The summed E-state index contributed by atoms with van der Waals surface area (Å²) in [7, 11) is 0. The molecule has 0 atom stereocenters. The Balaban J connectivity index is 1.50. The maximum atomic E-state index is 15.1. The molecule has 3 aliphatic rings. The van der Waals surface area contributed by atoms with Gasteiger partial charge in [-0.2, -0.15) is 5.10 Å². The molecule has 27 heavy (non-hydrogen) atoms. The number of hydrogen-bond donors (Lipinski definition) is 1. The second kappa shape index (κ2) is 6.12. The van der Waals surface area contributed by atoms with Gasteiger partial charge in [0.25, 0.3) is 5.91 Å². The summed E-state index contributed by atoms with van der Waals surface area (Å²) in [6.07, 6.45) is 4.67. The Morgan fingerprint density at radius 1 is 1.22 bits per heavy atom. The molecule has 2 aliphatic carbocycles. The van der Waals surface area contributed by atoms with Crippen molar-refractivity contribution in [2.24, 2.45) is 5.73 Å². The van der Waals surface area contributed by atoms with Crippen LogP contribution in [0, 0.1) is 5.82 Å². The maximum Gasteiger partial charge on any atom is 0.256 e. The minimum Gasteiger partial charge on any atom is -0.365 e. The van der Waals surface area contributed by atoms with E-state index in [0.29, 0.717) is 28.3 Å². The molecule has 2 aromatic rings. The summed E-state index contributed by atoms with van der Waals surface area (Å²) >= 11 is 1.39. The highest BCUT2D eigenvalue weighted by molar-refractivity contribution is 8.04. The molecule has 0 spiro atoms. The van der Waals surface area contributed by atoms with E-state index in [1.54, 1.807) is 10.7 Å². The Morgan fingerprint density at radius 3 is 2.56 bits per heavy atom. The number of primary amides is 1. The summed E-state index contributed by atoms with van der Waals surface area (Å²) in [4.78, 5) is 13.9. The van der Waals surface area contributed by atoms with Crippen molar-refractivity contribution in [3.05, 3.63) is 52.1 Å². The van der Waals surface area contributed by atoms with E-state index in [1.807, 2.05) is 17.9 Å². The molecule has 2 heterocycles. The number of nitrogens with two attached hydrogens (primary N) is 1. The van der Waals surface area contributed by atoms with E-state index in [1.165, 1.54) is 30.7 Å². The Hall–Kier alpha value is -2.28. The highest BCUT2D eigenvalue weighted by atomic mass is 32.2. The lowest BCUT2D eigenvalue weighted by molar-refractivity contribution is -0.113. The van der Waals surface area contributed by atoms with Crippen LogP contribution in [0.2, 0.25) is 0 Å². The minimum absolute atomic E-state index is 0.301. The fourth-order valence-electron chi connectivity index (χ4n) is 3.66. The van der Waals surface area contributed by atoms with E-state index in [0.717, 1.165) is 35.6 Å². The van der Waals surface area contributed by atoms with Gasteiger partial charge < -0.3 is 10.6 Å². The third-order valence-corrected chi connectivity index (χ3v) is 6.69. The monoisotopic (exact) mass is 384 g/mol. The standard InChI is InChI=1S/C20H21FN4OS/c1-11-19(20(22)26)27-10-24(11)14-6-7-17(15(21)8-14)25-18(13-4-5-13)9-16(23-25)12-2-3-12/h6-9,12-13H,2-5,10H2,1H3,(H2,22,26). The van der Waals surface area contributed by atoms with Crippen molar-refractivity contribution in [2.75, 3.05) is 10.8 Å². The predicted molar refractivity (Wildman–Crippen MR) is 104 cm³/mol. The summed E-state index contributed by atoms with van der Waals surface area (Å²) in [5.41, 5.74) is 9.63. The highest BCUT2D eigenvalue weighted by Gasteiger charge is 2.33. The zero-order valence-electron chi connectivity index (χ0n) is 15.1. The molecule has 5 nitrogen and oxygen atoms in total. The van der Waals surface area contributed by atoms with Crippen molar-refractivity contribution in [2.45, 2.75) is 44.4 Å². The second-order valence-electron chi connectivity index (χ2n) is 7.57. The van der Waals surface area contributed by atoms with Crippen LogP contribution in [0.15, 0.2) is 34.9 Å². The van der Waals surface area contributed by atoms with E-state index in [-0.39, 0.29) is 5.82 Å². The van der Waals surface area contributed by atoms with Crippen LogP contribution in [0.25, 0.3) is 5.69 Å². The van der Waals surface area contributed by atoms with E-state index >= 15 is 4.39 Å². The Labute approximate surface area is 161 Å². The van der Waals surface area contributed by atoms with Crippen LogP contribution in [0.4, 0.5) is 10.1 Å². The number of amides is 1. The molecule has 2 N–H and O–H groups in total. The lowest BCUT2D eigenvalue weighted by atomic mass is 10.2. The van der Waals surface area contributed by atoms with E-state index in [9.17, 15) is 4.79 Å². The number of nitrogens with zero attached hydrogens (tertiary/aromatic N) is 3. The molecule has 0 bridgehead atoms. The molecule has 1 aromatic heterocycles. The number of carbonyl (C=O) groups is 1. The molecule has 1 amide bonds. The Morgan fingerprint density at radius 2 is 1.96 bits per heavy atom. The molecule has 140 valence electrons. The first-order chi connectivity index (χ1) is 13.0. The van der Waals surface area contributed by atoms with Crippen molar-refractivity contribution in [3.8, 4) is 5.69 Å². The first kappa shape index (κ1) is 16.9. The number of allylic oxidation sites excluding steroid dienone is 1. The Bertz CT molecular complexity index is 974. The van der Waals surface area contributed by atoms with Gasteiger partial charge in [-0.15, -0.1) is 0 Å². The molecule has 2 fully saturated rings. The van der Waals surface area contributed by atoms with Crippen LogP contribution >= 0.6 is 11.8 Å². The van der Waals surface area contributed by atoms with E-state index in [4.69, 9.17) is 10.8 Å². The van der Waals surface area contributed by atoms with Crippen molar-refractivity contribution in [1.82, 2.24) is 9.78 Å². The Kier molecular flexibility index (Phi) is 3.82. The molecular weight excluding hydrogens is 363 g/mol. The largest absolute Gasteiger partial charge is 0.365 e. The van der Waals surface area contributed by atoms with Crippen molar-refractivity contribution >= 4 is 23.4 Å². The van der Waals surface area contributed by atoms with Crippen LogP contribution in [0.1, 0.15) is 55.8 Å². The average Bonchev–Trinajstić information content (AvgIpc) is 3.57. The minimum atomic E-state index is -0.435. The number of halogens is 1. The number of benzene rings is 1. The fraction of sp³-hybridized carbons (Fsp3) is 0.400. The van der Waals surface area contributed by atoms with Gasteiger partial charge in [-0.05, 0) is 56.9 Å². The average molecular weight is 384 g/mol. The molecule has 0 saturated heterocycles. The van der Waals surface area contributed by atoms with Crippen molar-refractivity contribution in [1.29, 1.82) is 0 Å². The van der Waals surface area contributed by atoms with E-state index < -0.39 is 5.91 Å². The smallest absolute Gasteiger partial charge is 0.256 e. The quantitative estimate of drug-likeness (QED) is 0.846. The lowest BCUT2D eigenvalue weighted by Gasteiger charge is -2.20. The van der Waals surface area contributed by atoms with Gasteiger partial charge in [-0.3, -0.25) is 4.79 Å². The number of rotatable bonds is 5. The summed E-state index contributed by atoms with van der Waals surface area (Å²) in [6, 6.07) is 7.38. The van der Waals surface area contributed by atoms with Crippen molar-refractivity contribution < 1.29 is 9.18 Å². The zero-order chi connectivity index (χ0) is 18.7. The van der Waals surface area contributed by atoms with Gasteiger partial charge in [-0.1, -0.05) is 11.8 Å². The number of anilines is 1. The van der Waals surface area contributed by atoms with E-state index in [2.05, 4.69) is 6.07 Å². The molecule has 7 heteroatoms. The normalized spacial score (nSPS) is 19.9. The summed E-state index contributed by atoms with van der Waals surface area (Å²) in [5.74, 6) is 0.875. The number of thioether (sulfide) groups is 1. The SMILES string of the molecule is CC1=C(C(N)=O)SCN1c1ccc(-n2nc(C3CC3)cc2C2CC2)c(F)c1.